The first-order chi connectivity index (χ1) is 13.1. The number of nitrogens with one attached hydrogen (secondary N) is 1. The largest absolute Gasteiger partial charge is 0.327 e. The molecule has 27 heavy (non-hydrogen) atoms. The maximum absolute atomic E-state index is 12.7. The minimum atomic E-state index is -0.188. The summed E-state index contributed by atoms with van der Waals surface area (Å²) < 4.78 is 1.93. The van der Waals surface area contributed by atoms with Crippen molar-refractivity contribution >= 4 is 11.6 Å². The van der Waals surface area contributed by atoms with Gasteiger partial charge in [0.05, 0.1) is 5.69 Å². The van der Waals surface area contributed by atoms with Crippen molar-refractivity contribution < 1.29 is 4.79 Å². The van der Waals surface area contributed by atoms with Gasteiger partial charge in [0.1, 0.15) is 0 Å². The number of fused-ring (bicyclic) bond motifs is 1. The van der Waals surface area contributed by atoms with Crippen LogP contribution in [0.15, 0.2) is 48.7 Å². The molecule has 1 aliphatic heterocycles. The maximum Gasteiger partial charge on any atom is 0.291 e. The number of carbonyl (C=O) groups is 1. The molecule has 1 N–H and O–H groups in total. The van der Waals surface area contributed by atoms with E-state index in [0.717, 1.165) is 48.8 Å². The fourth-order valence-corrected chi connectivity index (χ4v) is 3.57. The Hall–Kier alpha value is -2.99. The zero-order chi connectivity index (χ0) is 18.8. The van der Waals surface area contributed by atoms with Crippen molar-refractivity contribution in [3.63, 3.8) is 0 Å². The summed E-state index contributed by atoms with van der Waals surface area (Å²) in [5.74, 6) is 0.267. The van der Waals surface area contributed by atoms with E-state index in [2.05, 4.69) is 44.5 Å². The second-order valence-electron chi connectivity index (χ2n) is 6.97. The van der Waals surface area contributed by atoms with Gasteiger partial charge < -0.3 is 9.88 Å². The predicted octanol–water partition coefficient (Wildman–Crippen LogP) is 2.93. The van der Waals surface area contributed by atoms with Crippen LogP contribution in [0.3, 0.4) is 0 Å². The first kappa shape index (κ1) is 17.4. The van der Waals surface area contributed by atoms with Gasteiger partial charge in [-0.15, -0.1) is 0 Å². The topological polar surface area (TPSA) is 63.1 Å². The van der Waals surface area contributed by atoms with Crippen LogP contribution >= 0.6 is 0 Å². The molecule has 138 valence electrons. The molecule has 3 heterocycles. The van der Waals surface area contributed by atoms with Crippen LogP contribution in [0.5, 0.6) is 0 Å². The third-order valence-corrected chi connectivity index (χ3v) is 4.94. The van der Waals surface area contributed by atoms with Crippen LogP contribution in [-0.2, 0) is 26.6 Å². The molecule has 0 saturated heterocycles. The summed E-state index contributed by atoms with van der Waals surface area (Å²) in [6.07, 6.45) is 2.59. The molecule has 1 aromatic carbocycles. The number of carbonyl (C=O) groups excluding carboxylic acids is 1. The zero-order valence-electron chi connectivity index (χ0n) is 15.6. The fourth-order valence-electron chi connectivity index (χ4n) is 3.57. The Morgan fingerprint density at radius 2 is 2.04 bits per heavy atom. The molecule has 0 atom stereocenters. The van der Waals surface area contributed by atoms with Gasteiger partial charge in [-0.1, -0.05) is 30.3 Å². The molecule has 0 aliphatic carbocycles. The summed E-state index contributed by atoms with van der Waals surface area (Å²) >= 11 is 0. The number of benzene rings is 1. The number of anilines is 1. The van der Waals surface area contributed by atoms with Gasteiger partial charge in [-0.25, -0.2) is 4.98 Å². The van der Waals surface area contributed by atoms with Crippen LogP contribution in [0, 0.1) is 6.92 Å². The Morgan fingerprint density at radius 1 is 1.22 bits per heavy atom. The molecule has 4 rings (SSSR count). The molecule has 0 fully saturated rings. The van der Waals surface area contributed by atoms with Gasteiger partial charge in [0.2, 0.25) is 0 Å². The smallest absolute Gasteiger partial charge is 0.291 e. The van der Waals surface area contributed by atoms with E-state index < -0.39 is 0 Å². The van der Waals surface area contributed by atoms with Crippen molar-refractivity contribution in [3.05, 3.63) is 77.1 Å². The van der Waals surface area contributed by atoms with Crippen molar-refractivity contribution in [3.8, 4) is 0 Å². The maximum atomic E-state index is 12.7. The summed E-state index contributed by atoms with van der Waals surface area (Å²) in [6.45, 7) is 4.52. The average Bonchev–Trinajstić information content (AvgIpc) is 2.99. The van der Waals surface area contributed by atoms with Gasteiger partial charge in [-0.2, -0.15) is 0 Å². The van der Waals surface area contributed by atoms with Crippen LogP contribution in [-0.4, -0.2) is 31.9 Å². The third-order valence-electron chi connectivity index (χ3n) is 4.94. The van der Waals surface area contributed by atoms with Crippen molar-refractivity contribution in [2.75, 3.05) is 11.9 Å². The van der Waals surface area contributed by atoms with Crippen LogP contribution in [0.4, 0.5) is 5.69 Å². The van der Waals surface area contributed by atoms with Gasteiger partial charge in [0, 0.05) is 56.4 Å². The Labute approximate surface area is 158 Å². The molecule has 1 amide bonds. The van der Waals surface area contributed by atoms with Crippen LogP contribution in [0.2, 0.25) is 0 Å². The molecular weight excluding hydrogens is 338 g/mol. The highest BCUT2D eigenvalue weighted by atomic mass is 16.2. The SMILES string of the molecule is Cc1cc(NC(=O)c2nc3c(n2C)CCN(Cc2ccccc2)C3)ccn1. The molecule has 3 aromatic rings. The number of rotatable bonds is 4. The molecule has 6 nitrogen and oxygen atoms in total. The molecular formula is C21H23N5O. The molecule has 0 saturated carbocycles. The van der Waals surface area contributed by atoms with Crippen molar-refractivity contribution in [2.45, 2.75) is 26.4 Å². The van der Waals surface area contributed by atoms with Gasteiger partial charge >= 0.3 is 0 Å². The Kier molecular flexibility index (Phi) is 4.73. The minimum absolute atomic E-state index is 0.188. The highest BCUT2D eigenvalue weighted by Crippen LogP contribution is 2.21. The van der Waals surface area contributed by atoms with E-state index in [9.17, 15) is 4.79 Å². The zero-order valence-corrected chi connectivity index (χ0v) is 15.6. The molecule has 2 aromatic heterocycles. The summed E-state index contributed by atoms with van der Waals surface area (Å²) in [7, 11) is 1.92. The number of imidazole rings is 1. The number of pyridine rings is 1. The second kappa shape index (κ2) is 7.32. The third kappa shape index (κ3) is 3.75. The van der Waals surface area contributed by atoms with Gasteiger partial charge in [-0.05, 0) is 24.6 Å². The van der Waals surface area contributed by atoms with Crippen molar-refractivity contribution in [1.29, 1.82) is 0 Å². The van der Waals surface area contributed by atoms with E-state index in [4.69, 9.17) is 0 Å². The Balaban J connectivity index is 1.50. The summed E-state index contributed by atoms with van der Waals surface area (Å²) in [4.78, 5) is 23.9. The van der Waals surface area contributed by atoms with Crippen LogP contribution in [0.25, 0.3) is 0 Å². The number of aromatic nitrogens is 3. The molecule has 0 spiro atoms. The predicted molar refractivity (Wildman–Crippen MR) is 104 cm³/mol. The molecule has 0 unspecified atom stereocenters. The minimum Gasteiger partial charge on any atom is -0.327 e. The van der Waals surface area contributed by atoms with E-state index in [1.54, 1.807) is 12.3 Å². The standard InChI is InChI=1S/C21H23N5O/c1-15-12-17(8-10-22-15)23-21(27)20-24-18-14-26(11-9-19(18)25(20)2)13-16-6-4-3-5-7-16/h3-8,10,12H,9,11,13-14H2,1-2H3,(H,22,23,27). The second-order valence-corrected chi connectivity index (χ2v) is 6.97. The van der Waals surface area contributed by atoms with Gasteiger partial charge in [0.15, 0.2) is 5.82 Å². The van der Waals surface area contributed by atoms with E-state index in [-0.39, 0.29) is 5.91 Å². The highest BCUT2D eigenvalue weighted by molar-refractivity contribution is 6.02. The normalized spacial score (nSPS) is 14.0. The summed E-state index contributed by atoms with van der Waals surface area (Å²) in [5, 5.41) is 2.92. The van der Waals surface area contributed by atoms with Gasteiger partial charge in [-0.3, -0.25) is 14.7 Å². The monoisotopic (exact) mass is 361 g/mol. The van der Waals surface area contributed by atoms with E-state index in [0.29, 0.717) is 5.82 Å². The van der Waals surface area contributed by atoms with E-state index in [1.165, 1.54) is 5.56 Å². The van der Waals surface area contributed by atoms with E-state index in [1.807, 2.05) is 30.7 Å². The lowest BCUT2D eigenvalue weighted by atomic mass is 10.1. The molecule has 1 aliphatic rings. The summed E-state index contributed by atoms with van der Waals surface area (Å²) in [5.41, 5.74) is 5.04. The quantitative estimate of drug-likeness (QED) is 0.776. The Morgan fingerprint density at radius 3 is 2.81 bits per heavy atom. The molecule has 0 bridgehead atoms. The lowest BCUT2D eigenvalue weighted by Gasteiger charge is -2.26. The van der Waals surface area contributed by atoms with Crippen LogP contribution in [0.1, 0.15) is 33.3 Å². The number of nitrogens with zero attached hydrogens (tertiary/aromatic N) is 4. The van der Waals surface area contributed by atoms with Crippen LogP contribution < -0.4 is 5.32 Å². The first-order valence-corrected chi connectivity index (χ1v) is 9.15. The molecule has 6 heteroatoms. The number of hydrogen-bond acceptors (Lipinski definition) is 4. The Bertz CT molecular complexity index is 964. The van der Waals surface area contributed by atoms with Crippen molar-refractivity contribution in [1.82, 2.24) is 19.4 Å². The van der Waals surface area contributed by atoms with E-state index >= 15 is 0 Å². The number of amides is 1. The number of hydrogen-bond donors (Lipinski definition) is 1. The average molecular weight is 361 g/mol. The van der Waals surface area contributed by atoms with Crippen molar-refractivity contribution in [2.24, 2.45) is 7.05 Å². The number of aryl methyl sites for hydroxylation is 1. The lowest BCUT2D eigenvalue weighted by molar-refractivity contribution is 0.101. The lowest BCUT2D eigenvalue weighted by Crippen LogP contribution is -2.30. The van der Waals surface area contributed by atoms with Gasteiger partial charge in [0.25, 0.3) is 5.91 Å². The highest BCUT2D eigenvalue weighted by Gasteiger charge is 2.25. The first-order valence-electron chi connectivity index (χ1n) is 9.15. The summed E-state index contributed by atoms with van der Waals surface area (Å²) in [6, 6.07) is 14.1. The molecule has 0 radical (unpaired) electrons. The fraction of sp³-hybridized carbons (Fsp3) is 0.286.